The minimum Gasteiger partial charge on any atom is -0.497 e. The standard InChI is InChI=1S/C15H21NO3/c1-17-13-6-4-12(5-7-13)15-18-11-14(19-15)10-16-8-2-3-9-16/h4-7,14-15H,2-3,8-11H2,1H3/t14-,15-/m1/s1. The zero-order valence-electron chi connectivity index (χ0n) is 11.4. The first-order chi connectivity index (χ1) is 9.35. The monoisotopic (exact) mass is 263 g/mol. The average molecular weight is 263 g/mol. The molecule has 3 rings (SSSR count). The summed E-state index contributed by atoms with van der Waals surface area (Å²) in [6.45, 7) is 4.08. The minimum absolute atomic E-state index is 0.199. The first kappa shape index (κ1) is 12.9. The Balaban J connectivity index is 1.55. The van der Waals surface area contributed by atoms with Crippen LogP contribution in [0.25, 0.3) is 0 Å². The third kappa shape index (κ3) is 3.08. The van der Waals surface area contributed by atoms with Crippen molar-refractivity contribution < 1.29 is 14.2 Å². The molecule has 2 atom stereocenters. The van der Waals surface area contributed by atoms with Crippen LogP contribution in [0.3, 0.4) is 0 Å². The topological polar surface area (TPSA) is 30.9 Å². The number of hydrogen-bond donors (Lipinski definition) is 0. The van der Waals surface area contributed by atoms with Gasteiger partial charge in [0.15, 0.2) is 6.29 Å². The molecule has 104 valence electrons. The molecule has 0 N–H and O–H groups in total. The predicted octanol–water partition coefficient (Wildman–Crippen LogP) is 2.21. The molecule has 2 fully saturated rings. The summed E-state index contributed by atoms with van der Waals surface area (Å²) < 4.78 is 16.9. The molecule has 2 aliphatic heterocycles. The molecule has 0 radical (unpaired) electrons. The number of likely N-dealkylation sites (tertiary alicyclic amines) is 1. The second kappa shape index (κ2) is 5.90. The normalized spacial score (nSPS) is 27.8. The van der Waals surface area contributed by atoms with Crippen LogP contribution in [0.2, 0.25) is 0 Å². The van der Waals surface area contributed by atoms with E-state index in [4.69, 9.17) is 14.2 Å². The summed E-state index contributed by atoms with van der Waals surface area (Å²) in [4.78, 5) is 2.46. The maximum Gasteiger partial charge on any atom is 0.184 e. The van der Waals surface area contributed by atoms with E-state index in [-0.39, 0.29) is 12.4 Å². The van der Waals surface area contributed by atoms with Crippen LogP contribution in [-0.4, -0.2) is 44.4 Å². The van der Waals surface area contributed by atoms with Crippen LogP contribution in [0, 0.1) is 0 Å². The number of methoxy groups -OCH3 is 1. The van der Waals surface area contributed by atoms with Crippen molar-refractivity contribution in [2.75, 3.05) is 33.4 Å². The van der Waals surface area contributed by atoms with Crippen molar-refractivity contribution in [1.29, 1.82) is 0 Å². The van der Waals surface area contributed by atoms with Crippen molar-refractivity contribution in [2.24, 2.45) is 0 Å². The lowest BCUT2D eigenvalue weighted by atomic mass is 10.2. The van der Waals surface area contributed by atoms with Gasteiger partial charge in [0, 0.05) is 12.1 Å². The van der Waals surface area contributed by atoms with Crippen LogP contribution in [0.1, 0.15) is 24.7 Å². The average Bonchev–Trinajstić information content (AvgIpc) is 3.11. The van der Waals surface area contributed by atoms with Crippen molar-refractivity contribution in [3.63, 3.8) is 0 Å². The second-order valence-electron chi connectivity index (χ2n) is 5.20. The first-order valence-electron chi connectivity index (χ1n) is 6.98. The highest BCUT2D eigenvalue weighted by molar-refractivity contribution is 5.28. The summed E-state index contributed by atoms with van der Waals surface area (Å²) in [6.07, 6.45) is 2.61. The molecule has 2 saturated heterocycles. The molecule has 0 aliphatic carbocycles. The summed E-state index contributed by atoms with van der Waals surface area (Å²) in [5, 5.41) is 0. The van der Waals surface area contributed by atoms with Crippen LogP contribution in [0.15, 0.2) is 24.3 Å². The van der Waals surface area contributed by atoms with E-state index < -0.39 is 0 Å². The molecule has 0 amide bonds. The predicted molar refractivity (Wildman–Crippen MR) is 72.2 cm³/mol. The molecule has 0 saturated carbocycles. The van der Waals surface area contributed by atoms with Crippen LogP contribution in [0.4, 0.5) is 0 Å². The lowest BCUT2D eigenvalue weighted by Gasteiger charge is -2.18. The smallest absolute Gasteiger partial charge is 0.184 e. The number of rotatable bonds is 4. The SMILES string of the molecule is COc1ccc([C@@H]2OC[C@@H](CN3CCCC3)O2)cc1. The van der Waals surface area contributed by atoms with Gasteiger partial charge in [0.25, 0.3) is 0 Å². The number of benzene rings is 1. The highest BCUT2D eigenvalue weighted by Gasteiger charge is 2.29. The van der Waals surface area contributed by atoms with Crippen molar-refractivity contribution in [2.45, 2.75) is 25.2 Å². The van der Waals surface area contributed by atoms with Crippen molar-refractivity contribution in [3.05, 3.63) is 29.8 Å². The first-order valence-corrected chi connectivity index (χ1v) is 6.98. The van der Waals surface area contributed by atoms with Crippen LogP contribution >= 0.6 is 0 Å². The molecular formula is C15H21NO3. The Morgan fingerprint density at radius 2 is 1.95 bits per heavy atom. The highest BCUT2D eigenvalue weighted by Crippen LogP contribution is 2.28. The van der Waals surface area contributed by atoms with Crippen LogP contribution < -0.4 is 4.74 Å². The second-order valence-corrected chi connectivity index (χ2v) is 5.20. The quantitative estimate of drug-likeness (QED) is 0.833. The van der Waals surface area contributed by atoms with Gasteiger partial charge in [-0.2, -0.15) is 0 Å². The summed E-state index contributed by atoms with van der Waals surface area (Å²) in [6, 6.07) is 7.88. The van der Waals surface area contributed by atoms with Gasteiger partial charge in [-0.3, -0.25) is 0 Å². The molecule has 4 nitrogen and oxygen atoms in total. The minimum atomic E-state index is -0.224. The lowest BCUT2D eigenvalue weighted by molar-refractivity contribution is -0.0635. The van der Waals surface area contributed by atoms with Crippen LogP contribution in [-0.2, 0) is 9.47 Å². The summed E-state index contributed by atoms with van der Waals surface area (Å²) in [7, 11) is 1.67. The fourth-order valence-corrected chi connectivity index (χ4v) is 2.73. The van der Waals surface area contributed by atoms with E-state index in [1.807, 2.05) is 24.3 Å². The fourth-order valence-electron chi connectivity index (χ4n) is 2.73. The highest BCUT2D eigenvalue weighted by atomic mass is 16.7. The Labute approximate surface area is 114 Å². The third-order valence-corrected chi connectivity index (χ3v) is 3.80. The van der Waals surface area contributed by atoms with E-state index >= 15 is 0 Å². The van der Waals surface area contributed by atoms with Gasteiger partial charge >= 0.3 is 0 Å². The van der Waals surface area contributed by atoms with E-state index in [0.29, 0.717) is 6.61 Å². The Morgan fingerprint density at radius 3 is 2.63 bits per heavy atom. The molecule has 4 heteroatoms. The van der Waals surface area contributed by atoms with Gasteiger partial charge in [-0.05, 0) is 38.1 Å². The zero-order chi connectivity index (χ0) is 13.1. The molecule has 1 aromatic carbocycles. The molecule has 0 spiro atoms. The van der Waals surface area contributed by atoms with Crippen LogP contribution in [0.5, 0.6) is 5.75 Å². The summed E-state index contributed by atoms with van der Waals surface area (Å²) in [5.41, 5.74) is 1.06. The van der Waals surface area contributed by atoms with E-state index in [1.54, 1.807) is 7.11 Å². The van der Waals surface area contributed by atoms with Crippen molar-refractivity contribution in [3.8, 4) is 5.75 Å². The Kier molecular flexibility index (Phi) is 4.01. The molecule has 2 aliphatic rings. The fraction of sp³-hybridized carbons (Fsp3) is 0.600. The molecule has 0 bridgehead atoms. The number of hydrogen-bond acceptors (Lipinski definition) is 4. The maximum atomic E-state index is 5.98. The van der Waals surface area contributed by atoms with Crippen molar-refractivity contribution in [1.82, 2.24) is 4.90 Å². The molecule has 0 unspecified atom stereocenters. The lowest BCUT2D eigenvalue weighted by Crippen LogP contribution is -2.31. The number of nitrogens with zero attached hydrogens (tertiary/aromatic N) is 1. The van der Waals surface area contributed by atoms with E-state index in [2.05, 4.69) is 4.90 Å². The largest absolute Gasteiger partial charge is 0.497 e. The molecule has 1 aromatic rings. The van der Waals surface area contributed by atoms with Gasteiger partial charge in [0.1, 0.15) is 5.75 Å². The summed E-state index contributed by atoms with van der Waals surface area (Å²) in [5.74, 6) is 0.857. The van der Waals surface area contributed by atoms with Gasteiger partial charge in [-0.1, -0.05) is 12.1 Å². The number of ether oxygens (including phenoxy) is 3. The molecular weight excluding hydrogens is 242 g/mol. The van der Waals surface area contributed by atoms with Gasteiger partial charge in [-0.25, -0.2) is 0 Å². The van der Waals surface area contributed by atoms with Crippen molar-refractivity contribution >= 4 is 0 Å². The molecule has 19 heavy (non-hydrogen) atoms. The maximum absolute atomic E-state index is 5.98. The third-order valence-electron chi connectivity index (χ3n) is 3.80. The van der Waals surface area contributed by atoms with Gasteiger partial charge < -0.3 is 19.1 Å². The van der Waals surface area contributed by atoms with E-state index in [0.717, 1.165) is 17.9 Å². The Morgan fingerprint density at radius 1 is 1.21 bits per heavy atom. The van der Waals surface area contributed by atoms with Gasteiger partial charge in [0.05, 0.1) is 19.8 Å². The Hall–Kier alpha value is -1.10. The van der Waals surface area contributed by atoms with E-state index in [1.165, 1.54) is 25.9 Å². The van der Waals surface area contributed by atoms with Gasteiger partial charge in [0.2, 0.25) is 0 Å². The van der Waals surface area contributed by atoms with E-state index in [9.17, 15) is 0 Å². The van der Waals surface area contributed by atoms with Gasteiger partial charge in [-0.15, -0.1) is 0 Å². The summed E-state index contributed by atoms with van der Waals surface area (Å²) >= 11 is 0. The zero-order valence-corrected chi connectivity index (χ0v) is 11.4. The molecule has 0 aromatic heterocycles. The molecule has 2 heterocycles. The Bertz CT molecular complexity index is 400.